The van der Waals surface area contributed by atoms with Gasteiger partial charge in [-0.2, -0.15) is 9.57 Å². The fourth-order valence-electron chi connectivity index (χ4n) is 2.16. The van der Waals surface area contributed by atoms with E-state index in [0.717, 1.165) is 37.5 Å². The Hall–Kier alpha value is -1.49. The molecule has 1 aliphatic carbocycles. The van der Waals surface area contributed by atoms with Crippen LogP contribution in [0.15, 0.2) is 23.1 Å². The second-order valence-corrected chi connectivity index (χ2v) is 6.57. The van der Waals surface area contributed by atoms with E-state index in [9.17, 15) is 12.8 Å². The third kappa shape index (κ3) is 2.68. The average molecular weight is 298 g/mol. The Kier molecular flexibility index (Phi) is 4.38. The van der Waals surface area contributed by atoms with Crippen LogP contribution in [-0.4, -0.2) is 37.0 Å². The van der Waals surface area contributed by atoms with Crippen LogP contribution < -0.4 is 0 Å². The molecule has 5 nitrogen and oxygen atoms in total. The largest absolute Gasteiger partial charge is 0.395 e. The van der Waals surface area contributed by atoms with E-state index in [0.29, 0.717) is 0 Å². The molecule has 1 aliphatic rings. The molecule has 20 heavy (non-hydrogen) atoms. The van der Waals surface area contributed by atoms with Crippen LogP contribution in [0.1, 0.15) is 24.8 Å². The number of hydrogen-bond donors (Lipinski definition) is 1. The number of rotatable bonds is 5. The lowest BCUT2D eigenvalue weighted by atomic mass is 9.93. The minimum absolute atomic E-state index is 0.00621. The van der Waals surface area contributed by atoms with Crippen LogP contribution in [0.4, 0.5) is 4.39 Å². The van der Waals surface area contributed by atoms with Gasteiger partial charge in [-0.05, 0) is 31.0 Å². The third-order valence-corrected chi connectivity index (χ3v) is 5.42. The zero-order chi connectivity index (χ0) is 14.8. The average Bonchev–Trinajstić information content (AvgIpc) is 2.36. The van der Waals surface area contributed by atoms with Gasteiger partial charge in [-0.1, -0.05) is 6.42 Å². The molecule has 0 unspecified atom stereocenters. The highest BCUT2D eigenvalue weighted by atomic mass is 32.2. The van der Waals surface area contributed by atoms with Crippen molar-refractivity contribution in [1.29, 1.82) is 5.26 Å². The predicted octanol–water partition coefficient (Wildman–Crippen LogP) is 1.23. The summed E-state index contributed by atoms with van der Waals surface area (Å²) in [7, 11) is -3.82. The number of halogens is 1. The highest BCUT2D eigenvalue weighted by molar-refractivity contribution is 7.89. The zero-order valence-corrected chi connectivity index (χ0v) is 11.6. The molecule has 0 bridgehead atoms. The van der Waals surface area contributed by atoms with Crippen molar-refractivity contribution in [2.45, 2.75) is 30.2 Å². The highest BCUT2D eigenvalue weighted by Gasteiger charge is 2.34. The molecule has 1 N–H and O–H groups in total. The Labute approximate surface area is 117 Å². The standard InChI is InChI=1S/C13H15FN2O3S/c14-13-5-4-12(8-10(13)9-15)20(18,19)16(6-7-17)11-2-1-3-11/h4-5,8,11,17H,1-3,6-7H2. The lowest BCUT2D eigenvalue weighted by Gasteiger charge is -2.36. The first-order valence-electron chi connectivity index (χ1n) is 6.33. The van der Waals surface area contributed by atoms with Gasteiger partial charge in [0.2, 0.25) is 10.0 Å². The molecule has 1 aromatic rings. The number of benzene rings is 1. The SMILES string of the molecule is N#Cc1cc(S(=O)(=O)N(CCO)C2CCC2)ccc1F. The number of hydrogen-bond acceptors (Lipinski definition) is 4. The summed E-state index contributed by atoms with van der Waals surface area (Å²) in [6.07, 6.45) is 2.46. The van der Waals surface area contributed by atoms with Crippen molar-refractivity contribution in [1.82, 2.24) is 4.31 Å². The maximum Gasteiger partial charge on any atom is 0.243 e. The summed E-state index contributed by atoms with van der Waals surface area (Å²) in [5.41, 5.74) is -0.302. The monoisotopic (exact) mass is 298 g/mol. The third-order valence-electron chi connectivity index (χ3n) is 3.47. The molecule has 0 saturated heterocycles. The zero-order valence-electron chi connectivity index (χ0n) is 10.8. The Balaban J connectivity index is 2.39. The van der Waals surface area contributed by atoms with Gasteiger partial charge in [-0.3, -0.25) is 0 Å². The van der Waals surface area contributed by atoms with E-state index >= 15 is 0 Å². The first-order chi connectivity index (χ1) is 9.50. The smallest absolute Gasteiger partial charge is 0.243 e. The molecule has 0 spiro atoms. The van der Waals surface area contributed by atoms with Gasteiger partial charge in [0.1, 0.15) is 11.9 Å². The van der Waals surface area contributed by atoms with Crippen LogP contribution in [0, 0.1) is 17.1 Å². The Morgan fingerprint density at radius 3 is 2.65 bits per heavy atom. The molecule has 0 aromatic heterocycles. The van der Waals surface area contributed by atoms with Crippen molar-refractivity contribution in [2.24, 2.45) is 0 Å². The van der Waals surface area contributed by atoms with Crippen LogP contribution in [-0.2, 0) is 10.0 Å². The van der Waals surface area contributed by atoms with Gasteiger partial charge in [0.15, 0.2) is 0 Å². The van der Waals surface area contributed by atoms with E-state index in [4.69, 9.17) is 10.4 Å². The van der Waals surface area contributed by atoms with E-state index in [2.05, 4.69) is 0 Å². The van der Waals surface area contributed by atoms with Crippen molar-refractivity contribution in [3.63, 3.8) is 0 Å². The predicted molar refractivity (Wildman–Crippen MR) is 69.7 cm³/mol. The summed E-state index contributed by atoms with van der Waals surface area (Å²) >= 11 is 0. The number of sulfonamides is 1. The molecule has 0 radical (unpaired) electrons. The van der Waals surface area contributed by atoms with Gasteiger partial charge in [-0.25, -0.2) is 12.8 Å². The molecule has 2 rings (SSSR count). The summed E-state index contributed by atoms with van der Waals surface area (Å²) in [4.78, 5) is -0.115. The van der Waals surface area contributed by atoms with Gasteiger partial charge in [0, 0.05) is 12.6 Å². The lowest BCUT2D eigenvalue weighted by Crippen LogP contribution is -2.45. The van der Waals surface area contributed by atoms with Crippen LogP contribution in [0.3, 0.4) is 0 Å². The maximum atomic E-state index is 13.3. The van der Waals surface area contributed by atoms with E-state index in [1.807, 2.05) is 0 Å². The van der Waals surface area contributed by atoms with Gasteiger partial charge >= 0.3 is 0 Å². The van der Waals surface area contributed by atoms with Crippen molar-refractivity contribution < 1.29 is 17.9 Å². The second-order valence-electron chi connectivity index (χ2n) is 4.68. The fraction of sp³-hybridized carbons (Fsp3) is 0.462. The first kappa shape index (κ1) is 14.9. The number of aliphatic hydroxyl groups is 1. The van der Waals surface area contributed by atoms with E-state index < -0.39 is 15.8 Å². The van der Waals surface area contributed by atoms with Gasteiger partial charge < -0.3 is 5.11 Å². The summed E-state index contributed by atoms with van der Waals surface area (Å²) in [5.74, 6) is -0.746. The molecule has 7 heteroatoms. The van der Waals surface area contributed by atoms with Gasteiger partial charge in [0.05, 0.1) is 17.1 Å². The topological polar surface area (TPSA) is 81.4 Å². The molecule has 1 aromatic carbocycles. The van der Waals surface area contributed by atoms with Crippen molar-refractivity contribution in [3.05, 3.63) is 29.6 Å². The number of aliphatic hydroxyl groups excluding tert-OH is 1. The molecule has 0 heterocycles. The Bertz CT molecular complexity index is 636. The van der Waals surface area contributed by atoms with Crippen LogP contribution >= 0.6 is 0 Å². The van der Waals surface area contributed by atoms with Crippen molar-refractivity contribution in [2.75, 3.05) is 13.2 Å². The van der Waals surface area contributed by atoms with Gasteiger partial charge in [-0.15, -0.1) is 0 Å². The van der Waals surface area contributed by atoms with Crippen molar-refractivity contribution in [3.8, 4) is 6.07 Å². The Morgan fingerprint density at radius 2 is 2.15 bits per heavy atom. The van der Waals surface area contributed by atoms with Crippen LogP contribution in [0.2, 0.25) is 0 Å². The summed E-state index contributed by atoms with van der Waals surface area (Å²) in [6, 6.07) is 4.66. The molecule has 0 aliphatic heterocycles. The van der Waals surface area contributed by atoms with Gasteiger partial charge in [0.25, 0.3) is 0 Å². The maximum absolute atomic E-state index is 13.3. The summed E-state index contributed by atoms with van der Waals surface area (Å²) in [6.45, 7) is -0.270. The Morgan fingerprint density at radius 1 is 1.45 bits per heavy atom. The van der Waals surface area contributed by atoms with Crippen LogP contribution in [0.25, 0.3) is 0 Å². The first-order valence-corrected chi connectivity index (χ1v) is 7.77. The second kappa shape index (κ2) is 5.87. The normalized spacial score (nSPS) is 15.9. The quantitative estimate of drug-likeness (QED) is 0.886. The molecular formula is C13H15FN2O3S. The summed E-state index contributed by atoms with van der Waals surface area (Å²) < 4.78 is 39.6. The van der Waals surface area contributed by atoms with Crippen molar-refractivity contribution >= 4 is 10.0 Å². The van der Waals surface area contributed by atoms with E-state index in [1.165, 1.54) is 4.31 Å². The number of nitrogens with zero attached hydrogens (tertiary/aromatic N) is 2. The minimum atomic E-state index is -3.82. The van der Waals surface area contributed by atoms with E-state index in [1.54, 1.807) is 6.07 Å². The lowest BCUT2D eigenvalue weighted by molar-refractivity contribution is 0.178. The molecule has 0 amide bonds. The molecule has 108 valence electrons. The fourth-order valence-corrected chi connectivity index (χ4v) is 3.86. The molecule has 1 saturated carbocycles. The van der Waals surface area contributed by atoms with E-state index in [-0.39, 0.29) is 29.7 Å². The molecule has 0 atom stereocenters. The number of nitriles is 1. The highest BCUT2D eigenvalue weighted by Crippen LogP contribution is 2.30. The summed E-state index contributed by atoms with van der Waals surface area (Å²) in [5, 5.41) is 17.8. The molecular weight excluding hydrogens is 283 g/mol. The molecule has 1 fully saturated rings. The van der Waals surface area contributed by atoms with Crippen LogP contribution in [0.5, 0.6) is 0 Å². The minimum Gasteiger partial charge on any atom is -0.395 e.